The lowest BCUT2D eigenvalue weighted by atomic mass is 10.7. The van der Waals surface area contributed by atoms with Crippen molar-refractivity contribution in [3.8, 4) is 0 Å². The fraction of sp³-hybridized carbons (Fsp3) is 0.750. The zero-order valence-corrected chi connectivity index (χ0v) is 4.05. The van der Waals surface area contributed by atoms with E-state index in [1.165, 1.54) is 0 Å². The second-order valence-corrected chi connectivity index (χ2v) is 1.30. The Labute approximate surface area is 42.4 Å². The van der Waals surface area contributed by atoms with Gasteiger partial charge in [-0.25, -0.2) is 4.99 Å². The molecule has 0 saturated carbocycles. The summed E-state index contributed by atoms with van der Waals surface area (Å²) in [4.78, 5) is 3.81. The molecule has 7 heavy (non-hydrogen) atoms. The number of nitrogens with zero attached hydrogens (tertiary/aromatic N) is 1. The first kappa shape index (κ1) is 4.59. The fourth-order valence-corrected chi connectivity index (χ4v) is 0.415. The van der Waals surface area contributed by atoms with Crippen LogP contribution in [0.1, 0.15) is 0 Å². The van der Waals surface area contributed by atoms with Crippen LogP contribution in [0.3, 0.4) is 0 Å². The third-order valence-electron chi connectivity index (χ3n) is 0.739. The average molecular weight is 100 g/mol. The second kappa shape index (κ2) is 2.58. The molecule has 1 aliphatic heterocycles. The van der Waals surface area contributed by atoms with E-state index in [-0.39, 0.29) is 0 Å². The summed E-state index contributed by atoms with van der Waals surface area (Å²) >= 11 is 0. The van der Waals surface area contributed by atoms with Crippen LogP contribution in [-0.4, -0.2) is 26.2 Å². The molecule has 0 aromatic heterocycles. The van der Waals surface area contributed by atoms with Gasteiger partial charge in [0.05, 0.1) is 12.9 Å². The summed E-state index contributed by atoms with van der Waals surface area (Å²) in [6, 6.07) is 0. The van der Waals surface area contributed by atoms with Gasteiger partial charge in [-0.1, -0.05) is 0 Å². The predicted octanol–water partition coefficient (Wildman–Crippen LogP) is -0.408. The van der Waals surface area contributed by atoms with Gasteiger partial charge in [0.15, 0.2) is 0 Å². The normalized spacial score (nSPS) is 20.6. The van der Waals surface area contributed by atoms with E-state index in [1.807, 2.05) is 0 Å². The molecule has 0 fully saturated rings. The zero-order chi connectivity index (χ0) is 4.95. The van der Waals surface area contributed by atoms with Crippen molar-refractivity contribution in [3.63, 3.8) is 0 Å². The Kier molecular flexibility index (Phi) is 1.69. The number of aliphatic imine (C=N–C) groups is 1. The highest BCUT2D eigenvalue weighted by atomic mass is 16.5. The van der Waals surface area contributed by atoms with E-state index >= 15 is 0 Å². The smallest absolute Gasteiger partial charge is 0.139 e. The average Bonchev–Trinajstić information content (AvgIpc) is 1.90. The summed E-state index contributed by atoms with van der Waals surface area (Å²) in [6.45, 7) is 2.15. The largest absolute Gasteiger partial charge is 0.374 e. The van der Waals surface area contributed by atoms with Gasteiger partial charge in [-0.15, -0.1) is 0 Å². The Morgan fingerprint density at radius 2 is 2.71 bits per heavy atom. The van der Waals surface area contributed by atoms with Crippen LogP contribution in [0.2, 0.25) is 0 Å². The van der Waals surface area contributed by atoms with Crippen molar-refractivity contribution in [3.05, 3.63) is 0 Å². The van der Waals surface area contributed by atoms with Crippen molar-refractivity contribution in [1.29, 1.82) is 0 Å². The van der Waals surface area contributed by atoms with Crippen molar-refractivity contribution in [2.75, 3.05) is 19.9 Å². The van der Waals surface area contributed by atoms with Gasteiger partial charge in [-0.05, 0) is 0 Å². The van der Waals surface area contributed by atoms with Gasteiger partial charge < -0.3 is 10.1 Å². The lowest BCUT2D eigenvalue weighted by Gasteiger charge is -1.91. The van der Waals surface area contributed by atoms with Crippen molar-refractivity contribution in [2.45, 2.75) is 0 Å². The summed E-state index contributed by atoms with van der Waals surface area (Å²) in [5.41, 5.74) is 0. The van der Waals surface area contributed by atoms with Crippen LogP contribution in [0.4, 0.5) is 0 Å². The number of hydrogen-bond donors (Lipinski definition) is 1. The van der Waals surface area contributed by atoms with Crippen LogP contribution >= 0.6 is 0 Å². The SMILES string of the molecule is C1=NCOCCN1. The van der Waals surface area contributed by atoms with E-state index in [1.54, 1.807) is 6.34 Å². The first-order valence-corrected chi connectivity index (χ1v) is 2.29. The maximum absolute atomic E-state index is 4.93. The van der Waals surface area contributed by atoms with Crippen molar-refractivity contribution in [1.82, 2.24) is 5.32 Å². The van der Waals surface area contributed by atoms with Gasteiger partial charge >= 0.3 is 0 Å². The molecule has 1 N–H and O–H groups in total. The first-order valence-electron chi connectivity index (χ1n) is 2.29. The molecule has 0 aliphatic carbocycles. The van der Waals surface area contributed by atoms with Crippen LogP contribution in [0, 0.1) is 0 Å². The monoisotopic (exact) mass is 100 g/mol. The van der Waals surface area contributed by atoms with Crippen LogP contribution in [0.15, 0.2) is 4.99 Å². The number of hydrogen-bond acceptors (Lipinski definition) is 3. The first-order chi connectivity index (χ1) is 3.50. The van der Waals surface area contributed by atoms with E-state index in [4.69, 9.17) is 4.74 Å². The maximum atomic E-state index is 4.93. The summed E-state index contributed by atoms with van der Waals surface area (Å²) in [7, 11) is 0. The summed E-state index contributed by atoms with van der Waals surface area (Å²) < 4.78 is 4.93. The van der Waals surface area contributed by atoms with Gasteiger partial charge in [0, 0.05) is 6.54 Å². The van der Waals surface area contributed by atoms with E-state index in [0.717, 1.165) is 13.2 Å². The molecule has 3 nitrogen and oxygen atoms in total. The topological polar surface area (TPSA) is 33.6 Å². The molecule has 1 aliphatic rings. The maximum Gasteiger partial charge on any atom is 0.139 e. The van der Waals surface area contributed by atoms with Gasteiger partial charge in [0.1, 0.15) is 6.73 Å². The molecular weight excluding hydrogens is 92.1 g/mol. The van der Waals surface area contributed by atoms with Crippen molar-refractivity contribution in [2.24, 2.45) is 4.99 Å². The van der Waals surface area contributed by atoms with Gasteiger partial charge in [-0.3, -0.25) is 0 Å². The zero-order valence-electron chi connectivity index (χ0n) is 4.05. The third-order valence-corrected chi connectivity index (χ3v) is 0.739. The van der Waals surface area contributed by atoms with Gasteiger partial charge in [-0.2, -0.15) is 0 Å². The minimum Gasteiger partial charge on any atom is -0.374 e. The summed E-state index contributed by atoms with van der Waals surface area (Å²) in [6.07, 6.45) is 1.67. The number of nitrogens with one attached hydrogen (secondary N) is 1. The predicted molar refractivity (Wildman–Crippen MR) is 27.3 cm³/mol. The molecule has 1 heterocycles. The molecule has 0 aromatic rings. The molecule has 0 unspecified atom stereocenters. The standard InChI is InChI=1S/C4H8N2O/c1-2-7-4-6-3-5-1/h3H,1-2,4H2,(H,5,6). The molecule has 0 radical (unpaired) electrons. The third kappa shape index (κ3) is 1.55. The Morgan fingerprint density at radius 1 is 1.71 bits per heavy atom. The Morgan fingerprint density at radius 3 is 3.71 bits per heavy atom. The molecule has 40 valence electrons. The van der Waals surface area contributed by atoms with Crippen LogP contribution in [0.5, 0.6) is 0 Å². The Bertz CT molecular complexity index is 64.1. The molecule has 0 saturated heterocycles. The summed E-state index contributed by atoms with van der Waals surface area (Å²) in [5.74, 6) is 0. The second-order valence-electron chi connectivity index (χ2n) is 1.30. The lowest BCUT2D eigenvalue weighted by Crippen LogP contribution is -2.13. The van der Waals surface area contributed by atoms with E-state index in [0.29, 0.717) is 6.73 Å². The minimum atomic E-state index is 0.507. The highest BCUT2D eigenvalue weighted by Crippen LogP contribution is 1.76. The van der Waals surface area contributed by atoms with Crippen LogP contribution in [0.25, 0.3) is 0 Å². The molecule has 0 amide bonds. The summed E-state index contributed by atoms with van der Waals surface area (Å²) in [5, 5.41) is 2.93. The molecule has 0 bridgehead atoms. The van der Waals surface area contributed by atoms with Crippen molar-refractivity contribution < 1.29 is 4.74 Å². The number of ether oxygens (including phenoxy) is 1. The van der Waals surface area contributed by atoms with Crippen LogP contribution in [-0.2, 0) is 4.74 Å². The fourth-order valence-electron chi connectivity index (χ4n) is 0.415. The minimum absolute atomic E-state index is 0.507. The highest BCUT2D eigenvalue weighted by molar-refractivity contribution is 5.53. The van der Waals surface area contributed by atoms with E-state index in [9.17, 15) is 0 Å². The molecule has 0 atom stereocenters. The Hall–Kier alpha value is -0.570. The number of rotatable bonds is 0. The molecule has 3 heteroatoms. The molecular formula is C4H8N2O. The highest BCUT2D eigenvalue weighted by Gasteiger charge is 1.86. The van der Waals surface area contributed by atoms with E-state index < -0.39 is 0 Å². The quantitative estimate of drug-likeness (QED) is 0.449. The van der Waals surface area contributed by atoms with Crippen molar-refractivity contribution >= 4 is 6.34 Å². The Balaban J connectivity index is 2.20. The van der Waals surface area contributed by atoms with Crippen LogP contribution < -0.4 is 5.32 Å². The molecule has 0 aromatic carbocycles. The lowest BCUT2D eigenvalue weighted by molar-refractivity contribution is 0.152. The van der Waals surface area contributed by atoms with Gasteiger partial charge in [0.25, 0.3) is 0 Å². The van der Waals surface area contributed by atoms with E-state index in [2.05, 4.69) is 10.3 Å². The molecule has 1 rings (SSSR count). The van der Waals surface area contributed by atoms with Gasteiger partial charge in [0.2, 0.25) is 0 Å². The molecule has 0 spiro atoms.